The van der Waals surface area contributed by atoms with Crippen LogP contribution in [0.3, 0.4) is 0 Å². The van der Waals surface area contributed by atoms with Crippen LogP contribution in [0.5, 0.6) is 5.75 Å². The Kier molecular flexibility index (Phi) is 7.30. The van der Waals surface area contributed by atoms with E-state index in [1.165, 1.54) is 22.0 Å². The molecule has 0 unspecified atom stereocenters. The third-order valence-electron chi connectivity index (χ3n) is 6.23. The number of carbonyl (C=O) groups excluding carboxylic acids is 1. The zero-order valence-electron chi connectivity index (χ0n) is 19.9. The minimum atomic E-state index is -3.68. The highest BCUT2D eigenvalue weighted by molar-refractivity contribution is 9.10. The number of hydrogen-bond acceptors (Lipinski definition) is 4. The molecule has 4 aromatic carbocycles. The summed E-state index contributed by atoms with van der Waals surface area (Å²) in [5.41, 5.74) is 3.89. The number of sulfonamides is 1. The molecule has 0 atom stereocenters. The van der Waals surface area contributed by atoms with E-state index in [0.717, 1.165) is 17.7 Å². The molecule has 0 radical (unpaired) electrons. The van der Waals surface area contributed by atoms with E-state index in [1.807, 2.05) is 42.5 Å². The van der Waals surface area contributed by atoms with Gasteiger partial charge in [0.05, 0.1) is 21.7 Å². The Morgan fingerprint density at radius 2 is 1.65 bits per heavy atom. The summed E-state index contributed by atoms with van der Waals surface area (Å²) < 4.78 is 34.4. The van der Waals surface area contributed by atoms with Gasteiger partial charge >= 0.3 is 0 Å². The maximum absolute atomic E-state index is 13.2. The predicted molar refractivity (Wildman–Crippen MR) is 149 cm³/mol. The molecule has 1 aliphatic heterocycles. The fraction of sp³-hybridized carbons (Fsp3) is 0.138. The number of nitrogens with zero attached hydrogens (tertiary/aromatic N) is 1. The molecule has 1 N–H and O–H groups in total. The molecule has 0 aromatic heterocycles. The van der Waals surface area contributed by atoms with Crippen molar-refractivity contribution in [2.24, 2.45) is 0 Å². The van der Waals surface area contributed by atoms with Crippen LogP contribution in [0.1, 0.15) is 21.5 Å². The first kappa shape index (κ1) is 25.0. The molecule has 0 bridgehead atoms. The fourth-order valence-electron chi connectivity index (χ4n) is 4.28. The molecular formula is C29H25BrN2O4S. The summed E-state index contributed by atoms with van der Waals surface area (Å²) in [5, 5.41) is 2.82. The average Bonchev–Trinajstić information content (AvgIpc) is 3.36. The fourth-order valence-corrected chi connectivity index (χ4v) is 6.28. The maximum Gasteiger partial charge on any atom is 0.264 e. The van der Waals surface area contributed by atoms with E-state index in [9.17, 15) is 13.2 Å². The summed E-state index contributed by atoms with van der Waals surface area (Å²) in [7, 11) is -3.68. The quantitative estimate of drug-likeness (QED) is 0.276. The number of hydrogen-bond donors (Lipinski definition) is 1. The Morgan fingerprint density at radius 1 is 0.919 bits per heavy atom. The van der Waals surface area contributed by atoms with E-state index in [-0.39, 0.29) is 10.8 Å². The molecule has 188 valence electrons. The highest BCUT2D eigenvalue weighted by atomic mass is 79.9. The van der Waals surface area contributed by atoms with Crippen LogP contribution in [-0.4, -0.2) is 27.5 Å². The summed E-state index contributed by atoms with van der Waals surface area (Å²) >= 11 is 3.49. The number of halogens is 1. The molecule has 0 fully saturated rings. The van der Waals surface area contributed by atoms with E-state index < -0.39 is 10.0 Å². The van der Waals surface area contributed by atoms with Crippen LogP contribution in [0.15, 0.2) is 106 Å². The number of para-hydroxylation sites is 1. The van der Waals surface area contributed by atoms with E-state index in [2.05, 4.69) is 33.4 Å². The van der Waals surface area contributed by atoms with Crippen molar-refractivity contribution in [1.82, 2.24) is 0 Å². The minimum Gasteiger partial charge on any atom is -0.492 e. The van der Waals surface area contributed by atoms with Crippen molar-refractivity contribution in [3.05, 3.63) is 118 Å². The first-order chi connectivity index (χ1) is 17.9. The van der Waals surface area contributed by atoms with E-state index in [0.29, 0.717) is 41.0 Å². The second-order valence-corrected chi connectivity index (χ2v) is 11.4. The normalized spacial score (nSPS) is 12.7. The lowest BCUT2D eigenvalue weighted by Crippen LogP contribution is -2.29. The predicted octanol–water partition coefficient (Wildman–Crippen LogP) is 6.07. The molecule has 5 rings (SSSR count). The van der Waals surface area contributed by atoms with Crippen LogP contribution in [0, 0.1) is 0 Å². The van der Waals surface area contributed by atoms with Gasteiger partial charge in [0.2, 0.25) is 0 Å². The standard InChI is InChI=1S/C29H25BrN2O4S/c30-26-20-23(10-15-28(26)36-19-17-21-6-2-1-3-7-21)29(33)31-24-11-13-25(14-12-24)37(34,35)32-18-16-22-8-4-5-9-27(22)32/h1-15,20H,16-19H2,(H,31,33). The second-order valence-electron chi connectivity index (χ2n) is 8.66. The summed E-state index contributed by atoms with van der Waals surface area (Å²) in [6, 6.07) is 29.0. The average molecular weight is 578 g/mol. The number of benzene rings is 4. The molecule has 4 aromatic rings. The van der Waals surface area contributed by atoms with Crippen LogP contribution in [0.4, 0.5) is 11.4 Å². The molecule has 0 saturated heterocycles. The van der Waals surface area contributed by atoms with Gasteiger partial charge in [0.1, 0.15) is 5.75 Å². The molecule has 0 saturated carbocycles. The number of anilines is 2. The van der Waals surface area contributed by atoms with Gasteiger partial charge < -0.3 is 10.1 Å². The van der Waals surface area contributed by atoms with Crippen molar-refractivity contribution in [1.29, 1.82) is 0 Å². The van der Waals surface area contributed by atoms with Gasteiger partial charge in [0, 0.05) is 24.2 Å². The second kappa shape index (κ2) is 10.8. The highest BCUT2D eigenvalue weighted by Gasteiger charge is 2.30. The van der Waals surface area contributed by atoms with Crippen molar-refractivity contribution in [3.8, 4) is 5.75 Å². The first-order valence-corrected chi connectivity index (χ1v) is 14.1. The zero-order valence-corrected chi connectivity index (χ0v) is 22.3. The lowest BCUT2D eigenvalue weighted by Gasteiger charge is -2.19. The molecule has 1 heterocycles. The topological polar surface area (TPSA) is 75.7 Å². The molecule has 8 heteroatoms. The van der Waals surface area contributed by atoms with Crippen molar-refractivity contribution >= 4 is 43.2 Å². The maximum atomic E-state index is 13.2. The third-order valence-corrected chi connectivity index (χ3v) is 8.68. The molecule has 0 aliphatic carbocycles. The summed E-state index contributed by atoms with van der Waals surface area (Å²) in [5.74, 6) is 0.353. The van der Waals surface area contributed by atoms with E-state index in [1.54, 1.807) is 30.3 Å². The molecule has 1 aliphatic rings. The van der Waals surface area contributed by atoms with Crippen molar-refractivity contribution < 1.29 is 17.9 Å². The summed E-state index contributed by atoms with van der Waals surface area (Å²) in [4.78, 5) is 13.0. The number of nitrogens with one attached hydrogen (secondary N) is 1. The number of amides is 1. The van der Waals surface area contributed by atoms with Crippen LogP contribution in [-0.2, 0) is 22.9 Å². The van der Waals surface area contributed by atoms with Crippen molar-refractivity contribution in [2.45, 2.75) is 17.7 Å². The van der Waals surface area contributed by atoms with Crippen LogP contribution >= 0.6 is 15.9 Å². The Bertz CT molecular complexity index is 1520. The zero-order chi connectivity index (χ0) is 25.8. The Labute approximate surface area is 225 Å². The largest absolute Gasteiger partial charge is 0.492 e. The number of rotatable bonds is 8. The van der Waals surface area contributed by atoms with E-state index in [4.69, 9.17) is 4.74 Å². The Hall–Kier alpha value is -3.62. The monoisotopic (exact) mass is 576 g/mol. The lowest BCUT2D eigenvalue weighted by atomic mass is 10.1. The number of fused-ring (bicyclic) bond motifs is 1. The molecule has 6 nitrogen and oxygen atoms in total. The number of carbonyl (C=O) groups is 1. The van der Waals surface area contributed by atoms with Gasteiger partial charge in [-0.3, -0.25) is 9.10 Å². The molecular weight excluding hydrogens is 552 g/mol. The highest BCUT2D eigenvalue weighted by Crippen LogP contribution is 2.33. The SMILES string of the molecule is O=C(Nc1ccc(S(=O)(=O)N2CCc3ccccc32)cc1)c1ccc(OCCc2ccccc2)c(Br)c1. The minimum absolute atomic E-state index is 0.182. The molecule has 1 amide bonds. The molecule has 37 heavy (non-hydrogen) atoms. The summed E-state index contributed by atoms with van der Waals surface area (Å²) in [6.07, 6.45) is 1.47. The van der Waals surface area contributed by atoms with Gasteiger partial charge in [-0.15, -0.1) is 0 Å². The van der Waals surface area contributed by atoms with Gasteiger partial charge in [-0.2, -0.15) is 0 Å². The van der Waals surface area contributed by atoms with Gasteiger partial charge in [0.15, 0.2) is 0 Å². The third kappa shape index (κ3) is 5.55. The van der Waals surface area contributed by atoms with Gasteiger partial charge in [-0.25, -0.2) is 8.42 Å². The van der Waals surface area contributed by atoms with Crippen molar-refractivity contribution in [2.75, 3.05) is 22.8 Å². The Morgan fingerprint density at radius 3 is 2.41 bits per heavy atom. The van der Waals surface area contributed by atoms with Crippen LogP contribution < -0.4 is 14.4 Å². The van der Waals surface area contributed by atoms with Gasteiger partial charge in [-0.05, 0) is 82.0 Å². The Balaban J connectivity index is 1.21. The van der Waals surface area contributed by atoms with Crippen LogP contribution in [0.25, 0.3) is 0 Å². The first-order valence-electron chi connectivity index (χ1n) is 11.9. The number of ether oxygens (including phenoxy) is 1. The van der Waals surface area contributed by atoms with Crippen molar-refractivity contribution in [3.63, 3.8) is 0 Å². The lowest BCUT2D eigenvalue weighted by molar-refractivity contribution is 0.102. The van der Waals surface area contributed by atoms with Crippen LogP contribution in [0.2, 0.25) is 0 Å². The summed E-state index contributed by atoms with van der Waals surface area (Å²) in [6.45, 7) is 0.938. The molecule has 0 spiro atoms. The van der Waals surface area contributed by atoms with Gasteiger partial charge in [0.25, 0.3) is 15.9 Å². The van der Waals surface area contributed by atoms with Gasteiger partial charge in [-0.1, -0.05) is 48.5 Å². The van der Waals surface area contributed by atoms with E-state index >= 15 is 0 Å². The smallest absolute Gasteiger partial charge is 0.264 e.